The molecule has 0 aromatic carbocycles. The fraction of sp³-hybridized carbons (Fsp3) is 0.643. The van der Waals surface area contributed by atoms with Crippen molar-refractivity contribution in [3.63, 3.8) is 0 Å². The van der Waals surface area contributed by atoms with E-state index >= 15 is 0 Å². The highest BCUT2D eigenvalue weighted by Gasteiger charge is 2.09. The predicted molar refractivity (Wildman–Crippen MR) is 82.0 cm³/mol. The van der Waals surface area contributed by atoms with Crippen LogP contribution in [0.3, 0.4) is 0 Å². The summed E-state index contributed by atoms with van der Waals surface area (Å²) in [4.78, 5) is 19.5. The van der Waals surface area contributed by atoms with Gasteiger partial charge in [-0.3, -0.25) is 4.79 Å². The molecule has 0 aliphatic heterocycles. The first-order valence-corrected chi connectivity index (χ1v) is 7.25. The molecule has 0 fully saturated rings. The van der Waals surface area contributed by atoms with Crippen LogP contribution >= 0.6 is 0 Å². The molecule has 1 aromatic rings. The predicted octanol–water partition coefficient (Wildman–Crippen LogP) is 1.80. The number of hydrogen-bond acceptors (Lipinski definition) is 5. The van der Waals surface area contributed by atoms with Gasteiger partial charge in [-0.05, 0) is 12.8 Å². The number of nitrogens with one attached hydrogen (secondary N) is 3. The topological polar surface area (TPSA) is 78.9 Å². The zero-order valence-corrected chi connectivity index (χ0v) is 12.6. The van der Waals surface area contributed by atoms with Crippen molar-refractivity contribution in [3.8, 4) is 0 Å². The lowest BCUT2D eigenvalue weighted by Gasteiger charge is -2.15. The molecule has 1 amide bonds. The molecule has 0 aliphatic carbocycles. The highest BCUT2D eigenvalue weighted by atomic mass is 16.1. The average molecular weight is 279 g/mol. The smallest absolute Gasteiger partial charge is 0.216 e. The summed E-state index contributed by atoms with van der Waals surface area (Å²) < 4.78 is 0. The van der Waals surface area contributed by atoms with E-state index in [4.69, 9.17) is 0 Å². The third kappa shape index (κ3) is 5.42. The Morgan fingerprint density at radius 2 is 1.70 bits per heavy atom. The number of hydrogen-bond donors (Lipinski definition) is 3. The second kappa shape index (κ2) is 9.12. The number of anilines is 2. The standard InChI is InChI=1S/C14H25N5O/c1-4-6-12-13(16-7-5-2)18-10-19-14(12)17-9-8-15-11(3)20/h10H,4-9H2,1-3H3,(H,15,20)(H2,16,17,18,19). The Bertz CT molecular complexity index is 422. The van der Waals surface area contributed by atoms with Gasteiger partial charge in [0.25, 0.3) is 0 Å². The molecule has 0 aliphatic rings. The van der Waals surface area contributed by atoms with Crippen LogP contribution in [0, 0.1) is 0 Å². The van der Waals surface area contributed by atoms with Gasteiger partial charge in [0.15, 0.2) is 0 Å². The van der Waals surface area contributed by atoms with Gasteiger partial charge < -0.3 is 16.0 Å². The quantitative estimate of drug-likeness (QED) is 0.601. The number of rotatable bonds is 9. The number of nitrogens with zero attached hydrogens (tertiary/aromatic N) is 2. The van der Waals surface area contributed by atoms with Crippen LogP contribution in [0.25, 0.3) is 0 Å². The Balaban J connectivity index is 2.69. The summed E-state index contributed by atoms with van der Waals surface area (Å²) >= 11 is 0. The van der Waals surface area contributed by atoms with Gasteiger partial charge in [0, 0.05) is 32.1 Å². The number of carbonyl (C=O) groups is 1. The van der Waals surface area contributed by atoms with Gasteiger partial charge in [0.1, 0.15) is 18.0 Å². The molecule has 0 bridgehead atoms. The third-order valence-corrected chi connectivity index (χ3v) is 2.78. The second-order valence-electron chi connectivity index (χ2n) is 4.64. The van der Waals surface area contributed by atoms with Crippen LogP contribution < -0.4 is 16.0 Å². The molecule has 20 heavy (non-hydrogen) atoms. The number of carbonyl (C=O) groups excluding carboxylic acids is 1. The van der Waals surface area contributed by atoms with E-state index in [1.807, 2.05) is 0 Å². The summed E-state index contributed by atoms with van der Waals surface area (Å²) in [6.45, 7) is 7.92. The first-order valence-electron chi connectivity index (χ1n) is 7.25. The van der Waals surface area contributed by atoms with Crippen LogP contribution in [0.4, 0.5) is 11.6 Å². The van der Waals surface area contributed by atoms with Crippen molar-refractivity contribution in [2.45, 2.75) is 40.0 Å². The highest BCUT2D eigenvalue weighted by Crippen LogP contribution is 2.21. The Kier molecular flexibility index (Phi) is 7.39. The highest BCUT2D eigenvalue weighted by molar-refractivity contribution is 5.72. The normalized spacial score (nSPS) is 10.2. The SMILES string of the molecule is CCCNc1ncnc(NCCNC(C)=O)c1CCC. The molecule has 1 aromatic heterocycles. The van der Waals surface area contributed by atoms with Gasteiger partial charge >= 0.3 is 0 Å². The van der Waals surface area contributed by atoms with E-state index in [9.17, 15) is 4.79 Å². The third-order valence-electron chi connectivity index (χ3n) is 2.78. The summed E-state index contributed by atoms with van der Waals surface area (Å²) in [5.41, 5.74) is 1.12. The summed E-state index contributed by atoms with van der Waals surface area (Å²) in [6, 6.07) is 0. The van der Waals surface area contributed by atoms with Gasteiger partial charge in [0.2, 0.25) is 5.91 Å². The lowest BCUT2D eigenvalue weighted by molar-refractivity contribution is -0.118. The van der Waals surface area contributed by atoms with Crippen LogP contribution in [-0.4, -0.2) is 35.5 Å². The molecule has 3 N–H and O–H groups in total. The van der Waals surface area contributed by atoms with Crippen molar-refractivity contribution in [1.82, 2.24) is 15.3 Å². The number of aromatic nitrogens is 2. The second-order valence-corrected chi connectivity index (χ2v) is 4.64. The van der Waals surface area contributed by atoms with Crippen LogP contribution in [0.5, 0.6) is 0 Å². The Morgan fingerprint density at radius 3 is 2.25 bits per heavy atom. The van der Waals surface area contributed by atoms with Crippen molar-refractivity contribution in [2.24, 2.45) is 0 Å². The van der Waals surface area contributed by atoms with Crippen LogP contribution in [0.2, 0.25) is 0 Å². The maximum atomic E-state index is 10.8. The van der Waals surface area contributed by atoms with Crippen molar-refractivity contribution in [2.75, 3.05) is 30.3 Å². The summed E-state index contributed by atoms with van der Waals surface area (Å²) in [7, 11) is 0. The zero-order chi connectivity index (χ0) is 14.8. The monoisotopic (exact) mass is 279 g/mol. The molecule has 0 spiro atoms. The first-order chi connectivity index (χ1) is 9.69. The molecule has 6 heteroatoms. The minimum Gasteiger partial charge on any atom is -0.370 e. The average Bonchev–Trinajstić information content (AvgIpc) is 2.43. The van der Waals surface area contributed by atoms with Crippen LogP contribution in [0.1, 0.15) is 39.2 Å². The van der Waals surface area contributed by atoms with E-state index in [-0.39, 0.29) is 5.91 Å². The maximum Gasteiger partial charge on any atom is 0.216 e. The molecule has 6 nitrogen and oxygen atoms in total. The lowest BCUT2D eigenvalue weighted by Crippen LogP contribution is -2.26. The first kappa shape index (κ1) is 16.2. The van der Waals surface area contributed by atoms with Crippen LogP contribution in [0.15, 0.2) is 6.33 Å². The Hall–Kier alpha value is -1.85. The molecular formula is C14H25N5O. The number of amides is 1. The van der Waals surface area contributed by atoms with Crippen molar-refractivity contribution >= 4 is 17.5 Å². The van der Waals surface area contributed by atoms with Crippen LogP contribution in [-0.2, 0) is 11.2 Å². The Morgan fingerprint density at radius 1 is 1.05 bits per heavy atom. The van der Waals surface area contributed by atoms with E-state index in [0.717, 1.165) is 43.0 Å². The molecule has 112 valence electrons. The summed E-state index contributed by atoms with van der Waals surface area (Å²) in [5, 5.41) is 9.36. The van der Waals surface area contributed by atoms with Gasteiger partial charge in [-0.25, -0.2) is 9.97 Å². The van der Waals surface area contributed by atoms with Gasteiger partial charge in [-0.15, -0.1) is 0 Å². The minimum atomic E-state index is -0.0198. The van der Waals surface area contributed by atoms with E-state index in [1.54, 1.807) is 6.33 Å². The lowest BCUT2D eigenvalue weighted by atomic mass is 10.1. The molecule has 0 unspecified atom stereocenters. The molecule has 0 saturated carbocycles. The summed E-state index contributed by atoms with van der Waals surface area (Å²) in [5.74, 6) is 1.74. The summed E-state index contributed by atoms with van der Waals surface area (Å²) in [6.07, 6.45) is 4.59. The fourth-order valence-electron chi connectivity index (χ4n) is 1.87. The Labute approximate surface area is 120 Å². The van der Waals surface area contributed by atoms with E-state index in [2.05, 4.69) is 39.8 Å². The molecular weight excluding hydrogens is 254 g/mol. The van der Waals surface area contributed by atoms with Crippen molar-refractivity contribution in [3.05, 3.63) is 11.9 Å². The maximum absolute atomic E-state index is 10.8. The van der Waals surface area contributed by atoms with E-state index in [1.165, 1.54) is 6.92 Å². The van der Waals surface area contributed by atoms with Gasteiger partial charge in [0.05, 0.1) is 0 Å². The van der Waals surface area contributed by atoms with Crippen molar-refractivity contribution in [1.29, 1.82) is 0 Å². The molecule has 0 saturated heterocycles. The molecule has 0 atom stereocenters. The molecule has 1 heterocycles. The minimum absolute atomic E-state index is 0.0198. The van der Waals surface area contributed by atoms with E-state index in [0.29, 0.717) is 13.1 Å². The molecule has 0 radical (unpaired) electrons. The van der Waals surface area contributed by atoms with Crippen molar-refractivity contribution < 1.29 is 4.79 Å². The fourth-order valence-corrected chi connectivity index (χ4v) is 1.87. The van der Waals surface area contributed by atoms with E-state index < -0.39 is 0 Å². The molecule has 1 rings (SSSR count). The van der Waals surface area contributed by atoms with Gasteiger partial charge in [-0.1, -0.05) is 20.3 Å². The zero-order valence-electron chi connectivity index (χ0n) is 12.6. The van der Waals surface area contributed by atoms with Gasteiger partial charge in [-0.2, -0.15) is 0 Å². The largest absolute Gasteiger partial charge is 0.370 e.